The van der Waals surface area contributed by atoms with Gasteiger partial charge in [-0.25, -0.2) is 4.98 Å². The second-order valence-corrected chi connectivity index (χ2v) is 3.89. The lowest BCUT2D eigenvalue weighted by atomic mass is 10.3. The van der Waals surface area contributed by atoms with Gasteiger partial charge in [0.25, 0.3) is 11.5 Å². The van der Waals surface area contributed by atoms with E-state index in [0.29, 0.717) is 18.8 Å². The fourth-order valence-electron chi connectivity index (χ4n) is 1.63. The molecular weight excluding hydrogens is 208 g/mol. The summed E-state index contributed by atoms with van der Waals surface area (Å²) in [6.45, 7) is 3.15. The third kappa shape index (κ3) is 2.27. The van der Waals surface area contributed by atoms with E-state index in [1.54, 1.807) is 4.90 Å². The minimum atomic E-state index is -0.296. The molecule has 0 saturated carbocycles. The SMILES string of the molecule is CN1CCN(C(=O)c2c[nH]c(=O)cn2)CC1. The fraction of sp³-hybridized carbons (Fsp3) is 0.500. The van der Waals surface area contributed by atoms with Crippen molar-refractivity contribution in [2.24, 2.45) is 0 Å². The highest BCUT2D eigenvalue weighted by atomic mass is 16.2. The summed E-state index contributed by atoms with van der Waals surface area (Å²) in [5.74, 6) is -0.121. The lowest BCUT2D eigenvalue weighted by Crippen LogP contribution is -2.47. The topological polar surface area (TPSA) is 69.3 Å². The van der Waals surface area contributed by atoms with Crippen LogP contribution in [0, 0.1) is 0 Å². The van der Waals surface area contributed by atoms with Crippen LogP contribution in [-0.4, -0.2) is 58.9 Å². The van der Waals surface area contributed by atoms with E-state index >= 15 is 0 Å². The molecule has 0 bridgehead atoms. The minimum Gasteiger partial charge on any atom is -0.335 e. The summed E-state index contributed by atoms with van der Waals surface area (Å²) in [6, 6.07) is 0. The molecule has 6 nitrogen and oxygen atoms in total. The first kappa shape index (κ1) is 10.8. The Morgan fingerprint density at radius 1 is 1.38 bits per heavy atom. The van der Waals surface area contributed by atoms with Crippen LogP contribution < -0.4 is 5.56 Å². The average Bonchev–Trinajstić information content (AvgIpc) is 2.30. The van der Waals surface area contributed by atoms with E-state index in [-0.39, 0.29) is 11.5 Å². The van der Waals surface area contributed by atoms with Crippen molar-refractivity contribution >= 4 is 5.91 Å². The van der Waals surface area contributed by atoms with Gasteiger partial charge in [-0.1, -0.05) is 0 Å². The zero-order chi connectivity index (χ0) is 11.5. The average molecular weight is 222 g/mol. The number of rotatable bonds is 1. The number of likely N-dealkylation sites (N-methyl/N-ethyl adjacent to an activating group) is 1. The van der Waals surface area contributed by atoms with E-state index in [1.165, 1.54) is 6.20 Å². The molecule has 16 heavy (non-hydrogen) atoms. The van der Waals surface area contributed by atoms with E-state index in [2.05, 4.69) is 14.9 Å². The van der Waals surface area contributed by atoms with Crippen molar-refractivity contribution < 1.29 is 4.79 Å². The van der Waals surface area contributed by atoms with Crippen molar-refractivity contribution in [2.45, 2.75) is 0 Å². The highest BCUT2D eigenvalue weighted by Crippen LogP contribution is 2.03. The molecule has 86 valence electrons. The Kier molecular flexibility index (Phi) is 3.00. The molecule has 0 radical (unpaired) electrons. The van der Waals surface area contributed by atoms with Gasteiger partial charge in [0.05, 0.1) is 6.20 Å². The van der Waals surface area contributed by atoms with Gasteiger partial charge in [0, 0.05) is 32.4 Å². The van der Waals surface area contributed by atoms with Crippen molar-refractivity contribution in [1.29, 1.82) is 0 Å². The van der Waals surface area contributed by atoms with E-state index in [4.69, 9.17) is 0 Å². The maximum absolute atomic E-state index is 11.9. The Hall–Kier alpha value is -1.69. The van der Waals surface area contributed by atoms with Gasteiger partial charge in [-0.15, -0.1) is 0 Å². The Morgan fingerprint density at radius 3 is 2.62 bits per heavy atom. The Balaban J connectivity index is 2.07. The number of aromatic amines is 1. The van der Waals surface area contributed by atoms with Crippen LogP contribution in [0.25, 0.3) is 0 Å². The van der Waals surface area contributed by atoms with Gasteiger partial charge in [0.1, 0.15) is 5.69 Å². The van der Waals surface area contributed by atoms with Crippen molar-refractivity contribution in [1.82, 2.24) is 19.8 Å². The Bertz CT molecular complexity index is 414. The predicted molar refractivity (Wildman–Crippen MR) is 58.3 cm³/mol. The largest absolute Gasteiger partial charge is 0.335 e. The van der Waals surface area contributed by atoms with Gasteiger partial charge >= 0.3 is 0 Å². The summed E-state index contributed by atoms with van der Waals surface area (Å²) in [4.78, 5) is 33.0. The maximum Gasteiger partial charge on any atom is 0.274 e. The standard InChI is InChI=1S/C10H14N4O2/c1-13-2-4-14(5-3-13)10(16)8-6-12-9(15)7-11-8/h6-7H,2-5H2,1H3,(H,12,15). The molecule has 0 aliphatic carbocycles. The molecule has 0 unspecified atom stereocenters. The van der Waals surface area contributed by atoms with Gasteiger partial charge in [-0.3, -0.25) is 9.59 Å². The molecule has 1 amide bonds. The van der Waals surface area contributed by atoms with Crippen molar-refractivity contribution in [3.63, 3.8) is 0 Å². The van der Waals surface area contributed by atoms with Crippen LogP contribution in [0.1, 0.15) is 10.5 Å². The molecule has 0 atom stereocenters. The summed E-state index contributed by atoms with van der Waals surface area (Å²) >= 11 is 0. The quantitative estimate of drug-likeness (QED) is 0.672. The second kappa shape index (κ2) is 4.44. The van der Waals surface area contributed by atoms with E-state index in [1.807, 2.05) is 7.05 Å². The second-order valence-electron chi connectivity index (χ2n) is 3.89. The molecular formula is C10H14N4O2. The summed E-state index contributed by atoms with van der Waals surface area (Å²) in [5.41, 5.74) is -0.000851. The number of H-pyrrole nitrogens is 1. The van der Waals surface area contributed by atoms with Gasteiger partial charge in [0.2, 0.25) is 0 Å². The number of nitrogens with zero attached hydrogens (tertiary/aromatic N) is 3. The van der Waals surface area contributed by atoms with Crippen LogP contribution >= 0.6 is 0 Å². The van der Waals surface area contributed by atoms with Crippen molar-refractivity contribution in [2.75, 3.05) is 33.2 Å². The normalized spacial score (nSPS) is 17.4. The molecule has 0 aromatic carbocycles. The molecule has 2 heterocycles. The first-order chi connectivity index (χ1) is 7.66. The molecule has 1 aliphatic rings. The van der Waals surface area contributed by atoms with Crippen LogP contribution in [0.2, 0.25) is 0 Å². The maximum atomic E-state index is 11.9. The minimum absolute atomic E-state index is 0.121. The van der Waals surface area contributed by atoms with Crippen LogP contribution in [0.15, 0.2) is 17.2 Å². The predicted octanol–water partition coefficient (Wildman–Crippen LogP) is -0.842. The molecule has 2 rings (SSSR count). The summed E-state index contributed by atoms with van der Waals surface area (Å²) in [7, 11) is 2.03. The van der Waals surface area contributed by atoms with Gasteiger partial charge in [0.15, 0.2) is 0 Å². The summed E-state index contributed by atoms with van der Waals surface area (Å²) in [6.07, 6.45) is 2.49. The summed E-state index contributed by atoms with van der Waals surface area (Å²) in [5, 5.41) is 0. The zero-order valence-corrected chi connectivity index (χ0v) is 9.14. The lowest BCUT2D eigenvalue weighted by molar-refractivity contribution is 0.0657. The number of nitrogens with one attached hydrogen (secondary N) is 1. The van der Waals surface area contributed by atoms with Gasteiger partial charge < -0.3 is 14.8 Å². The molecule has 1 fully saturated rings. The highest BCUT2D eigenvalue weighted by molar-refractivity contribution is 5.92. The number of hydrogen-bond acceptors (Lipinski definition) is 4. The van der Waals surface area contributed by atoms with E-state index in [0.717, 1.165) is 19.3 Å². The van der Waals surface area contributed by atoms with Crippen molar-refractivity contribution in [3.05, 3.63) is 28.4 Å². The molecule has 1 aromatic heterocycles. The van der Waals surface area contributed by atoms with Gasteiger partial charge in [-0.05, 0) is 7.05 Å². The molecule has 1 saturated heterocycles. The molecule has 1 N–H and O–H groups in total. The Morgan fingerprint density at radius 2 is 2.06 bits per heavy atom. The lowest BCUT2D eigenvalue weighted by Gasteiger charge is -2.32. The van der Waals surface area contributed by atoms with E-state index in [9.17, 15) is 9.59 Å². The van der Waals surface area contributed by atoms with Crippen LogP contribution in [0.4, 0.5) is 0 Å². The first-order valence-corrected chi connectivity index (χ1v) is 5.19. The van der Waals surface area contributed by atoms with Crippen LogP contribution in [0.3, 0.4) is 0 Å². The smallest absolute Gasteiger partial charge is 0.274 e. The number of carbonyl (C=O) groups excluding carboxylic acids is 1. The number of hydrogen-bond donors (Lipinski definition) is 1. The zero-order valence-electron chi connectivity index (χ0n) is 9.14. The number of piperazine rings is 1. The van der Waals surface area contributed by atoms with Crippen LogP contribution in [-0.2, 0) is 0 Å². The highest BCUT2D eigenvalue weighted by Gasteiger charge is 2.21. The van der Waals surface area contributed by atoms with Crippen molar-refractivity contribution in [3.8, 4) is 0 Å². The van der Waals surface area contributed by atoms with Crippen LogP contribution in [0.5, 0.6) is 0 Å². The third-order valence-corrected chi connectivity index (χ3v) is 2.68. The Labute approximate surface area is 92.9 Å². The molecule has 1 aromatic rings. The number of carbonyl (C=O) groups is 1. The monoisotopic (exact) mass is 222 g/mol. The molecule has 1 aliphatic heterocycles. The van der Waals surface area contributed by atoms with E-state index < -0.39 is 0 Å². The number of amides is 1. The third-order valence-electron chi connectivity index (χ3n) is 2.68. The summed E-state index contributed by atoms with van der Waals surface area (Å²) < 4.78 is 0. The fourth-order valence-corrected chi connectivity index (χ4v) is 1.63. The van der Waals surface area contributed by atoms with Gasteiger partial charge in [-0.2, -0.15) is 0 Å². The number of aromatic nitrogens is 2. The molecule has 0 spiro atoms. The molecule has 6 heteroatoms. The first-order valence-electron chi connectivity index (χ1n) is 5.19.